The van der Waals surface area contributed by atoms with Crippen molar-refractivity contribution in [3.05, 3.63) is 16.4 Å². The molecule has 1 heterocycles. The van der Waals surface area contributed by atoms with E-state index in [9.17, 15) is 4.79 Å². The molecule has 0 radical (unpaired) electrons. The van der Waals surface area contributed by atoms with Crippen molar-refractivity contribution in [1.29, 1.82) is 0 Å². The van der Waals surface area contributed by atoms with Crippen molar-refractivity contribution in [3.8, 4) is 0 Å². The zero-order chi connectivity index (χ0) is 9.84. The average Bonchev–Trinajstić information content (AvgIpc) is 2.02. The summed E-state index contributed by atoms with van der Waals surface area (Å²) >= 11 is 1.53. The Hall–Kier alpha value is -0.970. The fraction of sp³-hybridized carbons (Fsp3) is 0.500. The van der Waals surface area contributed by atoms with Crippen LogP contribution in [0.4, 0.5) is 5.82 Å². The highest BCUT2D eigenvalue weighted by Crippen LogP contribution is 2.20. The van der Waals surface area contributed by atoms with Gasteiger partial charge in [0, 0.05) is 11.3 Å². The number of nitrogens with one attached hydrogen (secondary N) is 1. The molecule has 0 fully saturated rings. The lowest BCUT2D eigenvalue weighted by Gasteiger charge is -2.06. The van der Waals surface area contributed by atoms with Gasteiger partial charge in [-0.05, 0) is 6.42 Å². The Labute approximate surface area is 81.0 Å². The Balaban J connectivity index is 2.83. The molecule has 0 saturated heterocycles. The van der Waals surface area contributed by atoms with Crippen molar-refractivity contribution in [2.75, 3.05) is 5.73 Å². The van der Waals surface area contributed by atoms with Gasteiger partial charge in [-0.25, -0.2) is 4.98 Å². The maximum absolute atomic E-state index is 11.0. The summed E-state index contributed by atoms with van der Waals surface area (Å²) in [5, 5.41) is 1.03. The van der Waals surface area contributed by atoms with Crippen LogP contribution in [0.2, 0.25) is 0 Å². The second-order valence-corrected chi connectivity index (χ2v) is 4.24. The van der Waals surface area contributed by atoms with Crippen molar-refractivity contribution in [2.24, 2.45) is 0 Å². The smallest absolute Gasteiger partial charge is 0.253 e. The normalized spacial score (nSPS) is 12.8. The lowest BCUT2D eigenvalue weighted by molar-refractivity contribution is 0.880. The molecule has 0 aliphatic rings. The number of H-pyrrole nitrogens is 1. The highest BCUT2D eigenvalue weighted by atomic mass is 32.2. The van der Waals surface area contributed by atoms with Crippen LogP contribution in [-0.2, 0) is 0 Å². The molecular weight excluding hydrogens is 186 g/mol. The number of rotatable bonds is 3. The van der Waals surface area contributed by atoms with Gasteiger partial charge in [0.25, 0.3) is 5.56 Å². The number of hydrogen-bond donors (Lipinski definition) is 2. The molecule has 0 spiro atoms. The molecule has 0 bridgehead atoms. The van der Waals surface area contributed by atoms with Gasteiger partial charge in [0.2, 0.25) is 0 Å². The third kappa shape index (κ3) is 3.10. The van der Waals surface area contributed by atoms with E-state index in [0.29, 0.717) is 10.4 Å². The molecule has 3 N–H and O–H groups in total. The maximum atomic E-state index is 11.0. The van der Waals surface area contributed by atoms with Gasteiger partial charge in [0.15, 0.2) is 5.16 Å². The molecule has 0 amide bonds. The van der Waals surface area contributed by atoms with Crippen molar-refractivity contribution in [3.63, 3.8) is 0 Å². The first-order valence-electron chi connectivity index (χ1n) is 4.15. The number of hydrogen-bond acceptors (Lipinski definition) is 4. The van der Waals surface area contributed by atoms with Gasteiger partial charge in [-0.1, -0.05) is 25.6 Å². The molecule has 72 valence electrons. The summed E-state index contributed by atoms with van der Waals surface area (Å²) in [7, 11) is 0. The Morgan fingerprint density at radius 3 is 3.00 bits per heavy atom. The Bertz CT molecular complexity index is 336. The average molecular weight is 199 g/mol. The van der Waals surface area contributed by atoms with Crippen molar-refractivity contribution >= 4 is 17.6 Å². The number of nitrogens with zero attached hydrogens (tertiary/aromatic N) is 1. The molecule has 1 rings (SSSR count). The van der Waals surface area contributed by atoms with Gasteiger partial charge in [-0.3, -0.25) is 4.79 Å². The van der Waals surface area contributed by atoms with Crippen LogP contribution in [-0.4, -0.2) is 15.2 Å². The molecule has 1 aromatic heterocycles. The first-order chi connectivity index (χ1) is 6.11. The zero-order valence-electron chi connectivity index (χ0n) is 7.70. The van der Waals surface area contributed by atoms with Crippen LogP contribution in [0.15, 0.2) is 16.0 Å². The molecule has 0 aromatic carbocycles. The van der Waals surface area contributed by atoms with E-state index in [1.807, 2.05) is 0 Å². The molecule has 5 heteroatoms. The van der Waals surface area contributed by atoms with Gasteiger partial charge < -0.3 is 10.7 Å². The quantitative estimate of drug-likeness (QED) is 0.567. The minimum absolute atomic E-state index is 0.196. The first kappa shape index (κ1) is 10.1. The lowest BCUT2D eigenvalue weighted by atomic mass is 10.4. The summed E-state index contributed by atoms with van der Waals surface area (Å²) in [6.07, 6.45) is 1.03. The van der Waals surface area contributed by atoms with E-state index < -0.39 is 0 Å². The monoisotopic (exact) mass is 199 g/mol. The summed E-state index contributed by atoms with van der Waals surface area (Å²) in [4.78, 5) is 17.6. The Morgan fingerprint density at radius 2 is 2.46 bits per heavy atom. The van der Waals surface area contributed by atoms with Crippen LogP contribution in [0.25, 0.3) is 0 Å². The summed E-state index contributed by atoms with van der Waals surface area (Å²) in [6, 6.07) is 1.28. The van der Waals surface area contributed by atoms with E-state index in [1.165, 1.54) is 17.8 Å². The largest absolute Gasteiger partial charge is 0.383 e. The Morgan fingerprint density at radius 1 is 1.77 bits per heavy atom. The van der Waals surface area contributed by atoms with Crippen LogP contribution < -0.4 is 11.3 Å². The summed E-state index contributed by atoms with van der Waals surface area (Å²) < 4.78 is 0. The fourth-order valence-corrected chi connectivity index (χ4v) is 1.65. The summed E-state index contributed by atoms with van der Waals surface area (Å²) in [6.45, 7) is 4.16. The topological polar surface area (TPSA) is 71.8 Å². The highest BCUT2D eigenvalue weighted by Gasteiger charge is 2.04. The SMILES string of the molecule is CCC(C)Sc1nc(N)cc(=O)[nH]1. The van der Waals surface area contributed by atoms with Crippen LogP contribution >= 0.6 is 11.8 Å². The number of thioether (sulfide) groups is 1. The van der Waals surface area contributed by atoms with Crippen LogP contribution in [0.5, 0.6) is 0 Å². The van der Waals surface area contributed by atoms with Gasteiger partial charge in [0.1, 0.15) is 5.82 Å². The number of aromatic nitrogens is 2. The molecular formula is C8H13N3OS. The van der Waals surface area contributed by atoms with Crippen molar-refractivity contribution in [2.45, 2.75) is 30.7 Å². The third-order valence-corrected chi connectivity index (χ3v) is 2.78. The van der Waals surface area contributed by atoms with Crippen LogP contribution in [0, 0.1) is 0 Å². The van der Waals surface area contributed by atoms with Gasteiger partial charge >= 0.3 is 0 Å². The van der Waals surface area contributed by atoms with Gasteiger partial charge in [-0.2, -0.15) is 0 Å². The third-order valence-electron chi connectivity index (χ3n) is 1.63. The fourth-order valence-electron chi connectivity index (χ4n) is 0.783. The number of aromatic amines is 1. The van der Waals surface area contributed by atoms with E-state index in [1.54, 1.807) is 0 Å². The highest BCUT2D eigenvalue weighted by molar-refractivity contribution is 7.99. The zero-order valence-corrected chi connectivity index (χ0v) is 8.52. The molecule has 0 aliphatic heterocycles. The molecule has 0 saturated carbocycles. The number of anilines is 1. The van der Waals surface area contributed by atoms with E-state index in [0.717, 1.165) is 6.42 Å². The second kappa shape index (κ2) is 4.32. The second-order valence-electron chi connectivity index (χ2n) is 2.81. The molecule has 1 atom stereocenters. The molecule has 1 unspecified atom stereocenters. The number of nitrogen functional groups attached to an aromatic ring is 1. The van der Waals surface area contributed by atoms with Gasteiger partial charge in [0.05, 0.1) is 0 Å². The predicted molar refractivity (Wildman–Crippen MR) is 54.9 cm³/mol. The number of nitrogens with two attached hydrogens (primary N) is 1. The van der Waals surface area contributed by atoms with Crippen LogP contribution in [0.3, 0.4) is 0 Å². The molecule has 0 aliphatic carbocycles. The van der Waals surface area contributed by atoms with Crippen molar-refractivity contribution in [1.82, 2.24) is 9.97 Å². The van der Waals surface area contributed by atoms with Gasteiger partial charge in [-0.15, -0.1) is 0 Å². The van der Waals surface area contributed by atoms with E-state index in [2.05, 4.69) is 23.8 Å². The minimum Gasteiger partial charge on any atom is -0.383 e. The first-order valence-corrected chi connectivity index (χ1v) is 5.03. The maximum Gasteiger partial charge on any atom is 0.253 e. The lowest BCUT2D eigenvalue weighted by Crippen LogP contribution is -2.10. The van der Waals surface area contributed by atoms with E-state index in [4.69, 9.17) is 5.73 Å². The van der Waals surface area contributed by atoms with Crippen molar-refractivity contribution < 1.29 is 0 Å². The molecule has 13 heavy (non-hydrogen) atoms. The van der Waals surface area contributed by atoms with Crippen LogP contribution in [0.1, 0.15) is 20.3 Å². The van der Waals surface area contributed by atoms with E-state index >= 15 is 0 Å². The minimum atomic E-state index is -0.196. The molecule has 1 aromatic rings. The Kier molecular flexibility index (Phi) is 3.36. The predicted octanol–water partition coefficient (Wildman–Crippen LogP) is 1.24. The summed E-state index contributed by atoms with van der Waals surface area (Å²) in [5.74, 6) is 0.273. The summed E-state index contributed by atoms with van der Waals surface area (Å²) in [5.41, 5.74) is 5.24. The van der Waals surface area contributed by atoms with E-state index in [-0.39, 0.29) is 11.4 Å². The standard InChI is InChI=1S/C8H13N3OS/c1-3-5(2)13-8-10-6(9)4-7(12)11-8/h4-5H,3H2,1-2H3,(H3,9,10,11,12). The molecule has 4 nitrogen and oxygen atoms in total.